The van der Waals surface area contributed by atoms with Crippen molar-refractivity contribution in [3.8, 4) is 17.2 Å². The summed E-state index contributed by atoms with van der Waals surface area (Å²) in [6.07, 6.45) is 2.11. The molecule has 2 atom stereocenters. The molecule has 10 nitrogen and oxygen atoms in total. The van der Waals surface area contributed by atoms with Crippen LogP contribution in [-0.2, 0) is 16.0 Å². The lowest BCUT2D eigenvalue weighted by Crippen LogP contribution is -2.54. The van der Waals surface area contributed by atoms with E-state index in [-0.39, 0.29) is 42.3 Å². The number of amides is 4. The van der Waals surface area contributed by atoms with E-state index < -0.39 is 23.8 Å². The highest BCUT2D eigenvalue weighted by Gasteiger charge is 2.37. The molecule has 1 fully saturated rings. The zero-order valence-corrected chi connectivity index (χ0v) is 27.0. The van der Waals surface area contributed by atoms with Crippen molar-refractivity contribution < 1.29 is 33.0 Å². The Hall–Kier alpha value is -4.93. The Kier molecular flexibility index (Phi) is 10.7. The monoisotopic (exact) mass is 644 g/mol. The van der Waals surface area contributed by atoms with E-state index in [4.69, 9.17) is 9.47 Å². The van der Waals surface area contributed by atoms with Crippen molar-refractivity contribution in [2.75, 3.05) is 33.3 Å². The van der Waals surface area contributed by atoms with Crippen LogP contribution in [0.3, 0.4) is 0 Å². The maximum Gasteiger partial charge on any atom is 0.257 e. The van der Waals surface area contributed by atoms with E-state index in [0.29, 0.717) is 61.6 Å². The predicted octanol–water partition coefficient (Wildman–Crippen LogP) is 4.58. The Morgan fingerprint density at radius 2 is 1.62 bits per heavy atom. The first kappa shape index (κ1) is 33.4. The van der Waals surface area contributed by atoms with E-state index in [1.54, 1.807) is 61.7 Å². The van der Waals surface area contributed by atoms with Gasteiger partial charge in [-0.3, -0.25) is 19.2 Å². The van der Waals surface area contributed by atoms with E-state index in [2.05, 4.69) is 10.6 Å². The molecule has 3 aromatic rings. The molecule has 0 aliphatic carbocycles. The van der Waals surface area contributed by atoms with Crippen LogP contribution in [0.15, 0.2) is 66.7 Å². The molecule has 2 N–H and O–H groups in total. The van der Waals surface area contributed by atoms with Gasteiger partial charge in [0.05, 0.1) is 19.2 Å². The van der Waals surface area contributed by atoms with Crippen molar-refractivity contribution >= 4 is 23.6 Å². The van der Waals surface area contributed by atoms with Crippen molar-refractivity contribution in [1.82, 2.24) is 20.4 Å². The molecule has 0 aromatic heterocycles. The minimum absolute atomic E-state index is 0.0619. The Labute approximate surface area is 274 Å². The number of carbonyl (C=O) groups excluding carboxylic acids is 4. The summed E-state index contributed by atoms with van der Waals surface area (Å²) in [4.78, 5) is 57.0. The van der Waals surface area contributed by atoms with Crippen molar-refractivity contribution in [1.29, 1.82) is 0 Å². The van der Waals surface area contributed by atoms with Crippen LogP contribution in [0.2, 0.25) is 0 Å². The molecule has 2 heterocycles. The van der Waals surface area contributed by atoms with Crippen LogP contribution in [0.1, 0.15) is 59.4 Å². The highest BCUT2D eigenvalue weighted by Crippen LogP contribution is 2.26. The van der Waals surface area contributed by atoms with Gasteiger partial charge in [0.1, 0.15) is 29.1 Å². The van der Waals surface area contributed by atoms with Crippen LogP contribution < -0.4 is 20.1 Å². The number of hydrogen-bond donors (Lipinski definition) is 2. The van der Waals surface area contributed by atoms with Crippen molar-refractivity contribution in [3.05, 3.63) is 89.2 Å². The van der Waals surface area contributed by atoms with Gasteiger partial charge < -0.3 is 29.9 Å². The van der Waals surface area contributed by atoms with Gasteiger partial charge in [-0.15, -0.1) is 0 Å². The molecule has 0 saturated carbocycles. The fourth-order valence-corrected chi connectivity index (χ4v) is 5.87. The second-order valence-corrected chi connectivity index (χ2v) is 12.3. The van der Waals surface area contributed by atoms with Crippen LogP contribution in [-0.4, -0.2) is 78.8 Å². The number of carbonyl (C=O) groups is 4. The van der Waals surface area contributed by atoms with E-state index in [1.165, 1.54) is 21.9 Å². The summed E-state index contributed by atoms with van der Waals surface area (Å²) in [6, 6.07) is 16.9. The molecule has 0 radical (unpaired) electrons. The molecule has 11 heteroatoms. The van der Waals surface area contributed by atoms with Gasteiger partial charge in [-0.25, -0.2) is 4.39 Å². The molecule has 2 aliphatic rings. The molecule has 2 aliphatic heterocycles. The number of nitrogens with one attached hydrogen (secondary N) is 2. The normalized spacial score (nSPS) is 19.5. The van der Waals surface area contributed by atoms with Gasteiger partial charge in [0.15, 0.2) is 0 Å². The van der Waals surface area contributed by atoms with Gasteiger partial charge >= 0.3 is 0 Å². The Bertz CT molecular complexity index is 1590. The molecule has 3 aromatic carbocycles. The zero-order chi connectivity index (χ0) is 33.5. The zero-order valence-electron chi connectivity index (χ0n) is 27.0. The SMILES string of the molecule is COc1ccc(Oc2ccc(C(=O)N3CC(=O)NCCCc4ccc(F)c(c4)C(=O)N4CCC[C@H]4C(=O)N[C@H](C(C)C)C3)cc2)cc1. The second kappa shape index (κ2) is 15.1. The third kappa shape index (κ3) is 8.27. The quantitative estimate of drug-likeness (QED) is 0.420. The topological polar surface area (TPSA) is 117 Å². The van der Waals surface area contributed by atoms with Crippen LogP contribution in [0, 0.1) is 11.7 Å². The van der Waals surface area contributed by atoms with Gasteiger partial charge in [0, 0.05) is 31.2 Å². The first-order valence-electron chi connectivity index (χ1n) is 16.0. The van der Waals surface area contributed by atoms with E-state index in [0.717, 1.165) is 5.56 Å². The van der Waals surface area contributed by atoms with Crippen molar-refractivity contribution in [3.63, 3.8) is 0 Å². The Morgan fingerprint density at radius 3 is 2.30 bits per heavy atom. The third-order valence-corrected chi connectivity index (χ3v) is 8.61. The van der Waals surface area contributed by atoms with E-state index >= 15 is 0 Å². The van der Waals surface area contributed by atoms with Crippen molar-refractivity contribution in [2.24, 2.45) is 5.92 Å². The molecule has 1 saturated heterocycles. The molecule has 5 rings (SSSR count). The summed E-state index contributed by atoms with van der Waals surface area (Å²) in [5.74, 6) is -0.507. The number of benzene rings is 3. The molecular formula is C36H41FN4O6. The smallest absolute Gasteiger partial charge is 0.257 e. The summed E-state index contributed by atoms with van der Waals surface area (Å²) >= 11 is 0. The fraction of sp³-hybridized carbons (Fsp3) is 0.389. The van der Waals surface area contributed by atoms with Crippen molar-refractivity contribution in [2.45, 2.75) is 51.6 Å². The first-order valence-corrected chi connectivity index (χ1v) is 16.0. The van der Waals surface area contributed by atoms with E-state index in [9.17, 15) is 23.6 Å². The molecule has 0 spiro atoms. The third-order valence-electron chi connectivity index (χ3n) is 8.61. The minimum atomic E-state index is -0.770. The number of fused-ring (bicyclic) bond motifs is 3. The lowest BCUT2D eigenvalue weighted by Gasteiger charge is -2.32. The number of hydrogen-bond acceptors (Lipinski definition) is 6. The molecule has 4 amide bonds. The molecule has 47 heavy (non-hydrogen) atoms. The van der Waals surface area contributed by atoms with Gasteiger partial charge in [0.2, 0.25) is 11.8 Å². The first-order chi connectivity index (χ1) is 22.6. The highest BCUT2D eigenvalue weighted by molar-refractivity contribution is 5.99. The number of methoxy groups -OCH3 is 1. The molecule has 248 valence electrons. The van der Waals surface area contributed by atoms with Gasteiger partial charge in [-0.2, -0.15) is 0 Å². The van der Waals surface area contributed by atoms with Gasteiger partial charge in [-0.05, 0) is 97.8 Å². The van der Waals surface area contributed by atoms with Gasteiger partial charge in [-0.1, -0.05) is 19.9 Å². The van der Waals surface area contributed by atoms with E-state index in [1.807, 2.05) is 13.8 Å². The van der Waals surface area contributed by atoms with Gasteiger partial charge in [0.25, 0.3) is 11.8 Å². The van der Waals surface area contributed by atoms with Crippen LogP contribution in [0.5, 0.6) is 17.2 Å². The maximum absolute atomic E-state index is 14.8. The summed E-state index contributed by atoms with van der Waals surface area (Å²) in [5.41, 5.74) is 1.05. The lowest BCUT2D eigenvalue weighted by molar-refractivity contribution is -0.126. The average molecular weight is 645 g/mol. The lowest BCUT2D eigenvalue weighted by atomic mass is 10.0. The maximum atomic E-state index is 14.8. The molecule has 2 bridgehead atoms. The summed E-state index contributed by atoms with van der Waals surface area (Å²) in [5, 5.41) is 5.91. The van der Waals surface area contributed by atoms with Crippen LogP contribution in [0.4, 0.5) is 4.39 Å². The minimum Gasteiger partial charge on any atom is -0.497 e. The summed E-state index contributed by atoms with van der Waals surface area (Å²) < 4.78 is 25.9. The average Bonchev–Trinajstić information content (AvgIpc) is 3.57. The number of rotatable bonds is 5. The number of halogens is 1. The Morgan fingerprint density at radius 1 is 0.936 bits per heavy atom. The predicted molar refractivity (Wildman–Crippen MR) is 174 cm³/mol. The van der Waals surface area contributed by atoms with Crippen LogP contribution in [0.25, 0.3) is 0 Å². The van der Waals surface area contributed by atoms with Crippen LogP contribution >= 0.6 is 0 Å². The largest absolute Gasteiger partial charge is 0.497 e. The fourth-order valence-electron chi connectivity index (χ4n) is 5.87. The summed E-state index contributed by atoms with van der Waals surface area (Å²) in [7, 11) is 1.59. The standard InChI is InChI=1S/C36H41FN4O6/c1-23(2)31-21-40(35(44)25-9-11-27(12-10-25)47-28-15-13-26(46-3)14-16-28)22-33(42)38-18-4-6-24-8-17-30(37)29(20-24)36(45)41-19-5-7-32(41)34(43)39-31/h8-17,20,23,31-32H,4-7,18-19,21-22H2,1-3H3,(H,38,42)(H,39,43)/t31-,32-/m0/s1. The highest BCUT2D eigenvalue weighted by atomic mass is 19.1. The number of aryl methyl sites for hydroxylation is 1. The Balaban J connectivity index is 1.37. The number of ether oxygens (including phenoxy) is 2. The summed E-state index contributed by atoms with van der Waals surface area (Å²) in [6.45, 7) is 4.36. The number of nitrogens with zero attached hydrogens (tertiary/aromatic N) is 2. The molecule has 0 unspecified atom stereocenters. The molecular weight excluding hydrogens is 603 g/mol. The second-order valence-electron chi connectivity index (χ2n) is 12.3.